The molecule has 1 aromatic carbocycles. The first-order valence-electron chi connectivity index (χ1n) is 8.44. The summed E-state index contributed by atoms with van der Waals surface area (Å²) in [5, 5.41) is 2.89. The largest absolute Gasteiger partial charge is 0.458 e. The SMILES string of the molecule is O=C1C[C@H](C(=O)NC2(c3cc(F)ccc3F)CC2)C2(CCCC2)O1. The molecule has 0 aromatic heterocycles. The maximum absolute atomic E-state index is 14.1. The minimum Gasteiger partial charge on any atom is -0.458 e. The number of nitrogens with one attached hydrogen (secondary N) is 1. The van der Waals surface area contributed by atoms with Crippen LogP contribution in [0.2, 0.25) is 0 Å². The standard InChI is InChI=1S/C18H19F2NO3/c19-11-3-4-14(20)12(9-11)17(7-8-17)21-16(23)13-10-15(22)24-18(13)5-1-2-6-18/h3-4,9,13H,1-2,5-8,10H2,(H,21,23)/t13-/m1/s1. The van der Waals surface area contributed by atoms with Gasteiger partial charge in [0.15, 0.2) is 0 Å². The number of ether oxygens (including phenoxy) is 1. The van der Waals surface area contributed by atoms with Gasteiger partial charge in [0.05, 0.1) is 17.9 Å². The summed E-state index contributed by atoms with van der Waals surface area (Å²) in [6, 6.07) is 3.29. The summed E-state index contributed by atoms with van der Waals surface area (Å²) in [6.45, 7) is 0. The Morgan fingerprint density at radius 1 is 1.17 bits per heavy atom. The van der Waals surface area contributed by atoms with Crippen molar-refractivity contribution in [3.05, 3.63) is 35.4 Å². The van der Waals surface area contributed by atoms with Crippen LogP contribution in [-0.4, -0.2) is 17.5 Å². The molecule has 6 heteroatoms. The molecule has 128 valence electrons. The summed E-state index contributed by atoms with van der Waals surface area (Å²) in [5.41, 5.74) is -1.37. The molecular formula is C18H19F2NO3. The molecule has 1 saturated heterocycles. The quantitative estimate of drug-likeness (QED) is 0.864. The molecule has 4 nitrogen and oxygen atoms in total. The number of hydrogen-bond donors (Lipinski definition) is 1. The van der Waals surface area contributed by atoms with E-state index in [1.165, 1.54) is 0 Å². The lowest BCUT2D eigenvalue weighted by atomic mass is 9.84. The lowest BCUT2D eigenvalue weighted by molar-refractivity contribution is -0.150. The second-order valence-corrected chi connectivity index (χ2v) is 7.20. The van der Waals surface area contributed by atoms with E-state index < -0.39 is 28.7 Å². The number of halogens is 2. The van der Waals surface area contributed by atoms with Gasteiger partial charge in [-0.15, -0.1) is 0 Å². The van der Waals surface area contributed by atoms with Crippen LogP contribution in [0.4, 0.5) is 8.78 Å². The van der Waals surface area contributed by atoms with E-state index >= 15 is 0 Å². The third-order valence-corrected chi connectivity index (χ3v) is 5.65. The van der Waals surface area contributed by atoms with Crippen LogP contribution < -0.4 is 5.32 Å². The molecule has 0 radical (unpaired) electrons. The van der Waals surface area contributed by atoms with Crippen LogP contribution in [0, 0.1) is 17.6 Å². The molecule has 24 heavy (non-hydrogen) atoms. The second-order valence-electron chi connectivity index (χ2n) is 7.20. The predicted molar refractivity (Wildman–Crippen MR) is 80.8 cm³/mol. The van der Waals surface area contributed by atoms with E-state index in [9.17, 15) is 18.4 Å². The highest BCUT2D eigenvalue weighted by Gasteiger charge is 2.56. The van der Waals surface area contributed by atoms with Crippen LogP contribution in [0.5, 0.6) is 0 Å². The predicted octanol–water partition coefficient (Wildman–Crippen LogP) is 2.95. The van der Waals surface area contributed by atoms with Crippen molar-refractivity contribution >= 4 is 11.9 Å². The fourth-order valence-corrected chi connectivity index (χ4v) is 4.22. The first kappa shape index (κ1) is 15.5. The molecule has 0 unspecified atom stereocenters. The summed E-state index contributed by atoms with van der Waals surface area (Å²) < 4.78 is 33.1. The molecule has 1 N–H and O–H groups in total. The number of carbonyl (C=O) groups excluding carboxylic acids is 2. The van der Waals surface area contributed by atoms with Gasteiger partial charge in [0.2, 0.25) is 5.91 Å². The highest BCUT2D eigenvalue weighted by Crippen LogP contribution is 2.49. The molecule has 4 rings (SSSR count). The van der Waals surface area contributed by atoms with Crippen LogP contribution in [0.25, 0.3) is 0 Å². The van der Waals surface area contributed by atoms with Gasteiger partial charge in [0, 0.05) is 5.56 Å². The average molecular weight is 335 g/mol. The highest BCUT2D eigenvalue weighted by molar-refractivity contribution is 5.88. The van der Waals surface area contributed by atoms with Crippen molar-refractivity contribution in [2.24, 2.45) is 5.92 Å². The van der Waals surface area contributed by atoms with Crippen LogP contribution in [0.15, 0.2) is 18.2 Å². The molecule has 3 fully saturated rings. The molecule has 1 spiro atoms. The molecule has 1 atom stereocenters. The van der Waals surface area contributed by atoms with Crippen molar-refractivity contribution < 1.29 is 23.1 Å². The van der Waals surface area contributed by atoms with E-state index in [1.807, 2.05) is 0 Å². The topological polar surface area (TPSA) is 55.4 Å². The molecule has 1 heterocycles. The minimum atomic E-state index is -0.852. The minimum absolute atomic E-state index is 0.0630. The zero-order valence-electron chi connectivity index (χ0n) is 13.2. The van der Waals surface area contributed by atoms with Crippen molar-refractivity contribution in [1.29, 1.82) is 0 Å². The lowest BCUT2D eigenvalue weighted by Gasteiger charge is -2.29. The van der Waals surface area contributed by atoms with Crippen LogP contribution in [-0.2, 0) is 19.9 Å². The zero-order valence-corrected chi connectivity index (χ0v) is 13.2. The number of hydrogen-bond acceptors (Lipinski definition) is 3. The Morgan fingerprint density at radius 2 is 1.88 bits per heavy atom. The average Bonchev–Trinajstić information content (AvgIpc) is 3.02. The van der Waals surface area contributed by atoms with Gasteiger partial charge in [-0.2, -0.15) is 0 Å². The highest BCUT2D eigenvalue weighted by atomic mass is 19.1. The zero-order chi connectivity index (χ0) is 16.9. The van der Waals surface area contributed by atoms with Gasteiger partial charge in [0.1, 0.15) is 17.2 Å². The summed E-state index contributed by atoms with van der Waals surface area (Å²) >= 11 is 0. The van der Waals surface area contributed by atoms with Gasteiger partial charge in [-0.25, -0.2) is 8.78 Å². The monoisotopic (exact) mass is 335 g/mol. The summed E-state index contributed by atoms with van der Waals surface area (Å²) in [5.74, 6) is -2.23. The van der Waals surface area contributed by atoms with Gasteiger partial charge >= 0.3 is 5.97 Å². The lowest BCUT2D eigenvalue weighted by Crippen LogP contribution is -2.46. The van der Waals surface area contributed by atoms with Crippen molar-refractivity contribution in [2.45, 2.75) is 56.1 Å². The Kier molecular flexibility index (Phi) is 3.41. The van der Waals surface area contributed by atoms with Crippen LogP contribution in [0.3, 0.4) is 0 Å². The number of esters is 1. The van der Waals surface area contributed by atoms with E-state index in [-0.39, 0.29) is 23.9 Å². The van der Waals surface area contributed by atoms with Crippen molar-refractivity contribution in [1.82, 2.24) is 5.32 Å². The van der Waals surface area contributed by atoms with Crippen LogP contribution >= 0.6 is 0 Å². The van der Waals surface area contributed by atoms with E-state index in [0.29, 0.717) is 25.7 Å². The van der Waals surface area contributed by atoms with E-state index in [1.54, 1.807) is 0 Å². The molecule has 1 aliphatic heterocycles. The van der Waals surface area contributed by atoms with E-state index in [2.05, 4.69) is 5.32 Å². The number of carbonyl (C=O) groups is 2. The molecule has 0 bridgehead atoms. The third-order valence-electron chi connectivity index (χ3n) is 5.65. The van der Waals surface area contributed by atoms with Gasteiger partial charge in [-0.05, 0) is 56.7 Å². The normalized spacial score (nSPS) is 26.4. The van der Waals surface area contributed by atoms with Crippen molar-refractivity contribution in [3.8, 4) is 0 Å². The van der Waals surface area contributed by atoms with Gasteiger partial charge in [0.25, 0.3) is 0 Å². The Hall–Kier alpha value is -1.98. The fourth-order valence-electron chi connectivity index (χ4n) is 4.22. The van der Waals surface area contributed by atoms with Crippen LogP contribution in [0.1, 0.15) is 50.5 Å². The maximum Gasteiger partial charge on any atom is 0.307 e. The fraction of sp³-hybridized carbons (Fsp3) is 0.556. The molecule has 1 aromatic rings. The first-order valence-corrected chi connectivity index (χ1v) is 8.44. The Balaban J connectivity index is 1.58. The molecule has 1 amide bonds. The van der Waals surface area contributed by atoms with Gasteiger partial charge in [-0.1, -0.05) is 0 Å². The Labute approximate surface area is 138 Å². The number of benzene rings is 1. The Morgan fingerprint density at radius 3 is 2.54 bits per heavy atom. The van der Waals surface area contributed by atoms with Gasteiger partial charge in [-0.3, -0.25) is 9.59 Å². The second kappa shape index (κ2) is 5.26. The molecule has 3 aliphatic rings. The Bertz CT molecular complexity index is 708. The summed E-state index contributed by atoms with van der Waals surface area (Å²) in [7, 11) is 0. The molecule has 2 aliphatic carbocycles. The van der Waals surface area contributed by atoms with Gasteiger partial charge < -0.3 is 10.1 Å². The van der Waals surface area contributed by atoms with E-state index in [4.69, 9.17) is 4.74 Å². The summed E-state index contributed by atoms with van der Waals surface area (Å²) in [6.07, 6.45) is 4.44. The number of rotatable bonds is 3. The first-order chi connectivity index (χ1) is 11.4. The third kappa shape index (κ3) is 2.39. The van der Waals surface area contributed by atoms with Crippen molar-refractivity contribution in [2.75, 3.05) is 0 Å². The maximum atomic E-state index is 14.1. The van der Waals surface area contributed by atoms with Crippen molar-refractivity contribution in [3.63, 3.8) is 0 Å². The smallest absolute Gasteiger partial charge is 0.307 e. The number of amides is 1. The molecule has 2 saturated carbocycles. The summed E-state index contributed by atoms with van der Waals surface area (Å²) in [4.78, 5) is 24.6. The molecular weight excluding hydrogens is 316 g/mol. The van der Waals surface area contributed by atoms with E-state index in [0.717, 1.165) is 31.0 Å².